The summed E-state index contributed by atoms with van der Waals surface area (Å²) in [7, 11) is 6.36. The third kappa shape index (κ3) is 8.22. The predicted molar refractivity (Wildman–Crippen MR) is 58.9 cm³/mol. The molecule has 3 nitrogen and oxygen atoms in total. The predicted octanol–water partition coefficient (Wildman–Crippen LogP) is 0.607. The lowest BCUT2D eigenvalue weighted by atomic mass is 10.1. The van der Waals surface area contributed by atoms with Crippen LogP contribution in [0.25, 0.3) is 0 Å². The second-order valence-corrected chi connectivity index (χ2v) is 4.06. The zero-order valence-electron chi connectivity index (χ0n) is 9.58. The Bertz CT molecular complexity index is 115. The van der Waals surface area contributed by atoms with Gasteiger partial charge in [0.15, 0.2) is 0 Å². The second-order valence-electron chi connectivity index (χ2n) is 4.06. The number of hydrogen-bond donors (Lipinski definition) is 1. The first kappa shape index (κ1) is 12.9. The van der Waals surface area contributed by atoms with Gasteiger partial charge in [0, 0.05) is 19.1 Å². The van der Waals surface area contributed by atoms with Gasteiger partial charge in [0.2, 0.25) is 0 Å². The van der Waals surface area contributed by atoms with Crippen molar-refractivity contribution in [2.24, 2.45) is 5.73 Å². The molecule has 0 aromatic rings. The molecular weight excluding hydrogens is 162 g/mol. The maximum atomic E-state index is 5.84. The topological polar surface area (TPSA) is 32.5 Å². The zero-order chi connectivity index (χ0) is 10.3. The summed E-state index contributed by atoms with van der Waals surface area (Å²) in [6.45, 7) is 5.51. The molecule has 0 saturated carbocycles. The maximum Gasteiger partial charge on any atom is 0.0106 e. The highest BCUT2D eigenvalue weighted by molar-refractivity contribution is 4.62. The summed E-state index contributed by atoms with van der Waals surface area (Å²) >= 11 is 0. The Morgan fingerprint density at radius 2 is 1.69 bits per heavy atom. The number of nitrogens with two attached hydrogens (primary N) is 1. The standard InChI is InChI=1S/C10H25N3/c1-5-10(11)6-7-13(4)9-8-12(2)3/h10H,5-9,11H2,1-4H3. The zero-order valence-corrected chi connectivity index (χ0v) is 9.58. The normalized spacial score (nSPS) is 14.1. The van der Waals surface area contributed by atoms with Crippen LogP contribution in [0.4, 0.5) is 0 Å². The van der Waals surface area contributed by atoms with Crippen LogP contribution in [-0.4, -0.2) is 56.6 Å². The lowest BCUT2D eigenvalue weighted by molar-refractivity contribution is 0.273. The van der Waals surface area contributed by atoms with Crippen LogP contribution >= 0.6 is 0 Å². The van der Waals surface area contributed by atoms with E-state index in [4.69, 9.17) is 5.73 Å². The Balaban J connectivity index is 3.34. The summed E-state index contributed by atoms with van der Waals surface area (Å²) in [5.74, 6) is 0. The minimum Gasteiger partial charge on any atom is -0.328 e. The van der Waals surface area contributed by atoms with Crippen molar-refractivity contribution in [2.45, 2.75) is 25.8 Å². The molecule has 1 unspecified atom stereocenters. The average molecular weight is 187 g/mol. The average Bonchev–Trinajstić information content (AvgIpc) is 2.10. The Morgan fingerprint density at radius 1 is 1.08 bits per heavy atom. The lowest BCUT2D eigenvalue weighted by Crippen LogP contribution is -2.32. The first-order valence-electron chi connectivity index (χ1n) is 5.15. The van der Waals surface area contributed by atoms with Crippen molar-refractivity contribution in [3.63, 3.8) is 0 Å². The summed E-state index contributed by atoms with van der Waals surface area (Å²) in [5.41, 5.74) is 5.84. The van der Waals surface area contributed by atoms with Gasteiger partial charge >= 0.3 is 0 Å². The number of rotatable bonds is 7. The molecular formula is C10H25N3. The minimum atomic E-state index is 0.377. The Hall–Kier alpha value is -0.120. The largest absolute Gasteiger partial charge is 0.328 e. The van der Waals surface area contributed by atoms with Crippen molar-refractivity contribution in [3.8, 4) is 0 Å². The molecule has 0 rings (SSSR count). The molecule has 0 aliphatic carbocycles. The van der Waals surface area contributed by atoms with Crippen molar-refractivity contribution >= 4 is 0 Å². The van der Waals surface area contributed by atoms with Crippen LogP contribution in [0, 0.1) is 0 Å². The first-order chi connectivity index (χ1) is 6.06. The fourth-order valence-corrected chi connectivity index (χ4v) is 1.07. The van der Waals surface area contributed by atoms with Crippen LogP contribution in [0.3, 0.4) is 0 Å². The van der Waals surface area contributed by atoms with Crippen LogP contribution in [0.15, 0.2) is 0 Å². The van der Waals surface area contributed by atoms with E-state index >= 15 is 0 Å². The van der Waals surface area contributed by atoms with Gasteiger partial charge in [0.1, 0.15) is 0 Å². The van der Waals surface area contributed by atoms with Crippen LogP contribution in [-0.2, 0) is 0 Å². The minimum absolute atomic E-state index is 0.377. The highest BCUT2D eigenvalue weighted by Crippen LogP contribution is 1.95. The molecule has 0 aromatic carbocycles. The Labute approximate surface area is 82.9 Å². The molecule has 0 aromatic heterocycles. The van der Waals surface area contributed by atoms with E-state index in [-0.39, 0.29) is 0 Å². The molecule has 1 atom stereocenters. The van der Waals surface area contributed by atoms with Gasteiger partial charge < -0.3 is 15.5 Å². The van der Waals surface area contributed by atoms with Crippen molar-refractivity contribution in [1.29, 1.82) is 0 Å². The summed E-state index contributed by atoms with van der Waals surface area (Å²) < 4.78 is 0. The highest BCUT2D eigenvalue weighted by Gasteiger charge is 2.02. The van der Waals surface area contributed by atoms with Crippen LogP contribution < -0.4 is 5.73 Å². The van der Waals surface area contributed by atoms with Crippen molar-refractivity contribution in [1.82, 2.24) is 9.80 Å². The quantitative estimate of drug-likeness (QED) is 0.634. The van der Waals surface area contributed by atoms with Gasteiger partial charge in [-0.25, -0.2) is 0 Å². The van der Waals surface area contributed by atoms with E-state index in [1.165, 1.54) is 0 Å². The molecule has 0 heterocycles. The van der Waals surface area contributed by atoms with Gasteiger partial charge in [-0.3, -0.25) is 0 Å². The SMILES string of the molecule is CCC(N)CCN(C)CCN(C)C. The molecule has 0 bridgehead atoms. The van der Waals surface area contributed by atoms with Gasteiger partial charge in [-0.2, -0.15) is 0 Å². The monoisotopic (exact) mass is 187 g/mol. The van der Waals surface area contributed by atoms with Gasteiger partial charge in [-0.15, -0.1) is 0 Å². The summed E-state index contributed by atoms with van der Waals surface area (Å²) in [6, 6.07) is 0.377. The molecule has 0 aliphatic rings. The van der Waals surface area contributed by atoms with Crippen LogP contribution in [0.5, 0.6) is 0 Å². The third-order valence-electron chi connectivity index (χ3n) is 2.33. The van der Waals surface area contributed by atoms with E-state index in [2.05, 4.69) is 37.9 Å². The molecule has 0 radical (unpaired) electrons. The first-order valence-corrected chi connectivity index (χ1v) is 5.15. The van der Waals surface area contributed by atoms with E-state index in [9.17, 15) is 0 Å². The number of hydrogen-bond acceptors (Lipinski definition) is 3. The summed E-state index contributed by atoms with van der Waals surface area (Å²) in [6.07, 6.45) is 2.20. The second kappa shape index (κ2) is 7.30. The number of likely N-dealkylation sites (N-methyl/N-ethyl adjacent to an activating group) is 2. The van der Waals surface area contributed by atoms with Gasteiger partial charge in [0.05, 0.1) is 0 Å². The van der Waals surface area contributed by atoms with Crippen LogP contribution in [0.2, 0.25) is 0 Å². The highest BCUT2D eigenvalue weighted by atomic mass is 15.1. The molecule has 0 amide bonds. The smallest absolute Gasteiger partial charge is 0.0106 e. The molecule has 0 saturated heterocycles. The molecule has 0 aliphatic heterocycles. The number of nitrogens with zero attached hydrogens (tertiary/aromatic N) is 2. The summed E-state index contributed by atoms with van der Waals surface area (Å²) in [5, 5.41) is 0. The maximum absolute atomic E-state index is 5.84. The van der Waals surface area contributed by atoms with E-state index in [1.54, 1.807) is 0 Å². The molecule has 0 fully saturated rings. The van der Waals surface area contributed by atoms with Crippen molar-refractivity contribution < 1.29 is 0 Å². The van der Waals surface area contributed by atoms with E-state index < -0.39 is 0 Å². The Kier molecular flexibility index (Phi) is 7.23. The molecule has 13 heavy (non-hydrogen) atoms. The van der Waals surface area contributed by atoms with Crippen molar-refractivity contribution in [3.05, 3.63) is 0 Å². The Morgan fingerprint density at radius 3 is 2.15 bits per heavy atom. The van der Waals surface area contributed by atoms with Gasteiger partial charge in [-0.1, -0.05) is 6.92 Å². The molecule has 2 N–H and O–H groups in total. The lowest BCUT2D eigenvalue weighted by Gasteiger charge is -2.20. The third-order valence-corrected chi connectivity index (χ3v) is 2.33. The van der Waals surface area contributed by atoms with E-state index in [1.807, 2.05) is 0 Å². The summed E-state index contributed by atoms with van der Waals surface area (Å²) in [4.78, 5) is 4.55. The van der Waals surface area contributed by atoms with Gasteiger partial charge in [-0.05, 0) is 40.5 Å². The van der Waals surface area contributed by atoms with E-state index in [0.717, 1.165) is 32.5 Å². The van der Waals surface area contributed by atoms with Gasteiger partial charge in [0.25, 0.3) is 0 Å². The molecule has 0 spiro atoms. The molecule has 3 heteroatoms. The fourth-order valence-electron chi connectivity index (χ4n) is 1.07. The van der Waals surface area contributed by atoms with Crippen LogP contribution in [0.1, 0.15) is 19.8 Å². The van der Waals surface area contributed by atoms with Crippen molar-refractivity contribution in [2.75, 3.05) is 40.8 Å². The molecule has 80 valence electrons. The van der Waals surface area contributed by atoms with E-state index in [0.29, 0.717) is 6.04 Å². The fraction of sp³-hybridized carbons (Fsp3) is 1.00.